The number of carbonyl (C=O) groups is 1. The maximum Gasteiger partial charge on any atom is 0.254 e. The number of aromatic amines is 1. The molecule has 0 bridgehead atoms. The van der Waals surface area contributed by atoms with E-state index >= 15 is 0 Å². The van der Waals surface area contributed by atoms with Crippen molar-refractivity contribution in [3.05, 3.63) is 27.4 Å². The van der Waals surface area contributed by atoms with Gasteiger partial charge in [0.05, 0.1) is 5.69 Å². The lowest BCUT2D eigenvalue weighted by Crippen LogP contribution is -2.42. The largest absolute Gasteiger partial charge is 0.342 e. The van der Waals surface area contributed by atoms with Crippen molar-refractivity contribution in [1.29, 1.82) is 0 Å². The maximum absolute atomic E-state index is 12.8. The summed E-state index contributed by atoms with van der Waals surface area (Å²) in [5.41, 5.74) is 1.92. The first-order valence-electron chi connectivity index (χ1n) is 12.3. The minimum atomic E-state index is 0.0500. The Bertz CT molecular complexity index is 823. The van der Waals surface area contributed by atoms with Crippen LogP contribution in [0, 0.1) is 5.92 Å². The van der Waals surface area contributed by atoms with Crippen LogP contribution in [0.3, 0.4) is 0 Å². The van der Waals surface area contributed by atoms with Crippen LogP contribution in [0.4, 0.5) is 0 Å². The summed E-state index contributed by atoms with van der Waals surface area (Å²) in [6.07, 6.45) is 14.0. The van der Waals surface area contributed by atoms with E-state index in [4.69, 9.17) is 4.98 Å². The number of carbonyl (C=O) groups excluding carboxylic acids is 1. The topological polar surface area (TPSA) is 69.3 Å². The molecule has 0 unspecified atom stereocenters. The SMILES string of the molecule is O=C(CC1CCCC1)N1CC[C@H](c2nc3c(c(=O)[nH]2)CCN(C2CCCCC2)C3)C1. The molecule has 6 nitrogen and oxygen atoms in total. The minimum Gasteiger partial charge on any atom is -0.342 e. The molecule has 2 aliphatic heterocycles. The van der Waals surface area contributed by atoms with Crippen LogP contribution in [0.25, 0.3) is 0 Å². The molecule has 5 rings (SSSR count). The third-order valence-corrected chi connectivity index (χ3v) is 8.08. The second kappa shape index (κ2) is 8.81. The standard InChI is InChI=1S/C24H36N4O2/c29-22(14-17-6-4-5-7-17)28-12-10-18(15-28)23-25-21-16-27(19-8-2-1-3-9-19)13-11-20(21)24(30)26-23/h17-19H,1-16H2,(H,25,26,30)/t18-/m0/s1. The van der Waals surface area contributed by atoms with Crippen LogP contribution < -0.4 is 5.56 Å². The van der Waals surface area contributed by atoms with E-state index in [2.05, 4.69) is 9.88 Å². The Morgan fingerprint density at radius 2 is 1.77 bits per heavy atom. The minimum absolute atomic E-state index is 0.0500. The van der Waals surface area contributed by atoms with Gasteiger partial charge in [0.25, 0.3) is 5.56 Å². The normalized spacial score (nSPS) is 26.3. The van der Waals surface area contributed by atoms with Gasteiger partial charge in [-0.05, 0) is 44.4 Å². The number of aromatic nitrogens is 2. The maximum atomic E-state index is 12.8. The Labute approximate surface area is 179 Å². The van der Waals surface area contributed by atoms with Gasteiger partial charge in [-0.2, -0.15) is 0 Å². The fourth-order valence-electron chi connectivity index (χ4n) is 6.23. The van der Waals surface area contributed by atoms with Crippen LogP contribution >= 0.6 is 0 Å². The molecular formula is C24H36N4O2. The van der Waals surface area contributed by atoms with Crippen LogP contribution in [0.1, 0.15) is 93.6 Å². The van der Waals surface area contributed by atoms with Gasteiger partial charge in [0.2, 0.25) is 5.91 Å². The first kappa shape index (κ1) is 20.2. The second-order valence-electron chi connectivity index (χ2n) is 10.1. The molecule has 1 amide bonds. The van der Waals surface area contributed by atoms with Crippen molar-refractivity contribution in [2.45, 2.75) is 95.6 Å². The van der Waals surface area contributed by atoms with Gasteiger partial charge in [-0.3, -0.25) is 14.5 Å². The van der Waals surface area contributed by atoms with E-state index in [1.807, 2.05) is 4.90 Å². The van der Waals surface area contributed by atoms with E-state index in [0.717, 1.165) is 49.6 Å². The van der Waals surface area contributed by atoms with Gasteiger partial charge in [-0.25, -0.2) is 4.98 Å². The molecule has 1 N–H and O–H groups in total. The van der Waals surface area contributed by atoms with Crippen molar-refractivity contribution in [2.24, 2.45) is 5.92 Å². The highest BCUT2D eigenvalue weighted by atomic mass is 16.2. The number of rotatable bonds is 4. The molecule has 3 heterocycles. The van der Waals surface area contributed by atoms with Crippen molar-refractivity contribution in [2.75, 3.05) is 19.6 Å². The zero-order valence-corrected chi connectivity index (χ0v) is 18.2. The molecular weight excluding hydrogens is 376 g/mol. The Hall–Kier alpha value is -1.69. The molecule has 1 aromatic rings. The van der Waals surface area contributed by atoms with Gasteiger partial charge in [-0.1, -0.05) is 32.1 Å². The third-order valence-electron chi connectivity index (χ3n) is 8.08. The molecule has 2 saturated carbocycles. The Balaban J connectivity index is 1.26. The third kappa shape index (κ3) is 4.20. The summed E-state index contributed by atoms with van der Waals surface area (Å²) in [5, 5.41) is 0. The molecule has 4 aliphatic rings. The number of H-pyrrole nitrogens is 1. The molecule has 1 atom stereocenters. The lowest BCUT2D eigenvalue weighted by molar-refractivity contribution is -0.131. The predicted molar refractivity (Wildman–Crippen MR) is 116 cm³/mol. The Morgan fingerprint density at radius 3 is 2.57 bits per heavy atom. The smallest absolute Gasteiger partial charge is 0.254 e. The van der Waals surface area contributed by atoms with E-state index in [-0.39, 0.29) is 11.5 Å². The van der Waals surface area contributed by atoms with E-state index in [0.29, 0.717) is 30.8 Å². The molecule has 3 fully saturated rings. The molecule has 1 saturated heterocycles. The van der Waals surface area contributed by atoms with Crippen molar-refractivity contribution in [3.8, 4) is 0 Å². The number of nitrogens with zero attached hydrogens (tertiary/aromatic N) is 3. The van der Waals surface area contributed by atoms with Crippen molar-refractivity contribution in [1.82, 2.24) is 19.8 Å². The summed E-state index contributed by atoms with van der Waals surface area (Å²) in [5.74, 6) is 1.86. The van der Waals surface area contributed by atoms with E-state index in [1.54, 1.807) is 0 Å². The fourth-order valence-corrected chi connectivity index (χ4v) is 6.23. The molecule has 0 spiro atoms. The summed E-state index contributed by atoms with van der Waals surface area (Å²) in [4.78, 5) is 38.1. The molecule has 1 aromatic heterocycles. The highest BCUT2D eigenvalue weighted by Crippen LogP contribution is 2.31. The van der Waals surface area contributed by atoms with Gasteiger partial charge >= 0.3 is 0 Å². The molecule has 30 heavy (non-hydrogen) atoms. The van der Waals surface area contributed by atoms with Crippen molar-refractivity contribution in [3.63, 3.8) is 0 Å². The zero-order valence-electron chi connectivity index (χ0n) is 18.2. The quantitative estimate of drug-likeness (QED) is 0.823. The van der Waals surface area contributed by atoms with Crippen LogP contribution in [0.5, 0.6) is 0 Å². The summed E-state index contributed by atoms with van der Waals surface area (Å²) in [7, 11) is 0. The van der Waals surface area contributed by atoms with Crippen LogP contribution in [-0.2, 0) is 17.8 Å². The van der Waals surface area contributed by atoms with Gasteiger partial charge < -0.3 is 9.88 Å². The summed E-state index contributed by atoms with van der Waals surface area (Å²) < 4.78 is 0. The Morgan fingerprint density at radius 1 is 1.00 bits per heavy atom. The van der Waals surface area contributed by atoms with Crippen molar-refractivity contribution >= 4 is 5.91 Å². The number of hydrogen-bond donors (Lipinski definition) is 1. The van der Waals surface area contributed by atoms with Gasteiger partial charge in [0.1, 0.15) is 5.82 Å². The predicted octanol–water partition coefficient (Wildman–Crippen LogP) is 3.36. The average Bonchev–Trinajstić information content (AvgIpc) is 3.46. The van der Waals surface area contributed by atoms with Gasteiger partial charge in [-0.15, -0.1) is 0 Å². The highest BCUT2D eigenvalue weighted by molar-refractivity contribution is 5.76. The van der Waals surface area contributed by atoms with E-state index in [1.165, 1.54) is 57.8 Å². The van der Waals surface area contributed by atoms with E-state index < -0.39 is 0 Å². The van der Waals surface area contributed by atoms with Crippen LogP contribution in [0.2, 0.25) is 0 Å². The monoisotopic (exact) mass is 412 g/mol. The number of nitrogens with one attached hydrogen (secondary N) is 1. The molecule has 164 valence electrons. The summed E-state index contributed by atoms with van der Waals surface area (Å²) in [6.45, 7) is 3.30. The zero-order chi connectivity index (χ0) is 20.5. The summed E-state index contributed by atoms with van der Waals surface area (Å²) in [6, 6.07) is 0.659. The number of likely N-dealkylation sites (tertiary alicyclic amines) is 1. The number of hydrogen-bond acceptors (Lipinski definition) is 4. The lowest BCUT2D eigenvalue weighted by atomic mass is 9.92. The van der Waals surface area contributed by atoms with E-state index in [9.17, 15) is 9.59 Å². The van der Waals surface area contributed by atoms with Crippen LogP contribution in [-0.4, -0.2) is 51.4 Å². The molecule has 0 aromatic carbocycles. The van der Waals surface area contributed by atoms with Gasteiger partial charge in [0.15, 0.2) is 0 Å². The number of fused-ring (bicyclic) bond motifs is 1. The molecule has 0 radical (unpaired) electrons. The van der Waals surface area contributed by atoms with Crippen LogP contribution in [0.15, 0.2) is 4.79 Å². The molecule has 2 aliphatic carbocycles. The summed E-state index contributed by atoms with van der Waals surface area (Å²) >= 11 is 0. The lowest BCUT2D eigenvalue weighted by Gasteiger charge is -2.37. The first-order chi connectivity index (χ1) is 14.7. The second-order valence-corrected chi connectivity index (χ2v) is 10.1. The first-order valence-corrected chi connectivity index (χ1v) is 12.3. The fraction of sp³-hybridized carbons (Fsp3) is 0.792. The highest BCUT2D eigenvalue weighted by Gasteiger charge is 2.32. The molecule has 6 heteroatoms. The number of amides is 1. The van der Waals surface area contributed by atoms with Gasteiger partial charge in [0, 0.05) is 50.1 Å². The van der Waals surface area contributed by atoms with Crippen molar-refractivity contribution < 1.29 is 4.79 Å². The Kier molecular flexibility index (Phi) is 5.94. The average molecular weight is 413 g/mol.